The van der Waals surface area contributed by atoms with Crippen molar-refractivity contribution in [2.45, 2.75) is 52.0 Å². The molecule has 2 aromatic rings. The number of aromatic nitrogens is 2. The molecule has 0 spiro atoms. The first kappa shape index (κ1) is 15.6. The molecule has 1 heterocycles. The van der Waals surface area contributed by atoms with Crippen molar-refractivity contribution in [1.29, 1.82) is 0 Å². The van der Waals surface area contributed by atoms with Crippen molar-refractivity contribution in [2.75, 3.05) is 6.61 Å². The van der Waals surface area contributed by atoms with Gasteiger partial charge in [0.05, 0.1) is 12.9 Å². The Labute approximate surface area is 128 Å². The fraction of sp³-hybridized carbons (Fsp3) is 0.500. The molecule has 1 aromatic carbocycles. The molecule has 0 bridgehead atoms. The van der Waals surface area contributed by atoms with Gasteiger partial charge in [-0.3, -0.25) is 0 Å². The van der Waals surface area contributed by atoms with E-state index in [9.17, 15) is 0 Å². The summed E-state index contributed by atoms with van der Waals surface area (Å²) in [6, 6.07) is 8.47. The zero-order valence-corrected chi connectivity index (χ0v) is 13.4. The summed E-state index contributed by atoms with van der Waals surface area (Å²) in [6.07, 6.45) is 9.14. The van der Waals surface area contributed by atoms with E-state index in [1.807, 2.05) is 18.7 Å². The van der Waals surface area contributed by atoms with E-state index < -0.39 is 0 Å². The molecule has 0 N–H and O–H groups in total. The van der Waals surface area contributed by atoms with Crippen LogP contribution in [0.25, 0.3) is 0 Å². The van der Waals surface area contributed by atoms with Crippen LogP contribution < -0.4 is 4.74 Å². The fourth-order valence-electron chi connectivity index (χ4n) is 2.23. The molecule has 0 amide bonds. The standard InChI is InChI=1S/C18H26N2O/c1-18(2,3)16-7-9-17(10-8-16)21-14-6-4-5-12-20-13-11-19-15-20/h7-11,13,15H,4-6,12,14H2,1-3H3. The largest absolute Gasteiger partial charge is 0.494 e. The molecule has 0 saturated heterocycles. The predicted molar refractivity (Wildman–Crippen MR) is 86.7 cm³/mol. The number of hydrogen-bond acceptors (Lipinski definition) is 2. The summed E-state index contributed by atoms with van der Waals surface area (Å²) in [4.78, 5) is 4.04. The van der Waals surface area contributed by atoms with Crippen molar-refractivity contribution in [2.24, 2.45) is 0 Å². The Bertz CT molecular complexity index is 509. The second-order valence-corrected chi connectivity index (χ2v) is 6.48. The molecule has 2 rings (SSSR count). The quantitative estimate of drug-likeness (QED) is 0.704. The molecule has 114 valence electrons. The van der Waals surface area contributed by atoms with E-state index in [4.69, 9.17) is 4.74 Å². The highest BCUT2D eigenvalue weighted by molar-refractivity contribution is 5.31. The lowest BCUT2D eigenvalue weighted by molar-refractivity contribution is 0.303. The summed E-state index contributed by atoms with van der Waals surface area (Å²) in [7, 11) is 0. The molecule has 0 aliphatic heterocycles. The maximum absolute atomic E-state index is 5.79. The highest BCUT2D eigenvalue weighted by Crippen LogP contribution is 2.24. The maximum atomic E-state index is 5.79. The number of imidazole rings is 1. The van der Waals surface area contributed by atoms with Gasteiger partial charge in [-0.2, -0.15) is 0 Å². The molecule has 0 radical (unpaired) electrons. The SMILES string of the molecule is CC(C)(C)c1ccc(OCCCCCn2ccnc2)cc1. The minimum Gasteiger partial charge on any atom is -0.494 e. The second kappa shape index (κ2) is 7.30. The number of hydrogen-bond donors (Lipinski definition) is 0. The normalized spacial score (nSPS) is 11.6. The Hall–Kier alpha value is -1.77. The van der Waals surface area contributed by atoms with Gasteiger partial charge in [-0.15, -0.1) is 0 Å². The van der Waals surface area contributed by atoms with E-state index in [2.05, 4.69) is 54.6 Å². The molecule has 0 aliphatic rings. The highest BCUT2D eigenvalue weighted by Gasteiger charge is 2.12. The Morgan fingerprint density at radius 1 is 1.05 bits per heavy atom. The van der Waals surface area contributed by atoms with Crippen molar-refractivity contribution >= 4 is 0 Å². The minimum absolute atomic E-state index is 0.200. The molecule has 3 heteroatoms. The van der Waals surface area contributed by atoms with E-state index >= 15 is 0 Å². The fourth-order valence-corrected chi connectivity index (χ4v) is 2.23. The van der Waals surface area contributed by atoms with Crippen molar-refractivity contribution in [1.82, 2.24) is 9.55 Å². The molecule has 3 nitrogen and oxygen atoms in total. The van der Waals surface area contributed by atoms with Crippen molar-refractivity contribution in [3.63, 3.8) is 0 Å². The van der Waals surface area contributed by atoms with Gasteiger partial charge in [0.25, 0.3) is 0 Å². The maximum Gasteiger partial charge on any atom is 0.119 e. The first-order valence-electron chi connectivity index (χ1n) is 7.75. The van der Waals surface area contributed by atoms with Gasteiger partial charge >= 0.3 is 0 Å². The number of ether oxygens (including phenoxy) is 1. The first-order chi connectivity index (χ1) is 10.1. The van der Waals surface area contributed by atoms with E-state index in [0.717, 1.165) is 25.3 Å². The molecule has 0 aliphatic carbocycles. The van der Waals surface area contributed by atoms with Crippen LogP contribution in [-0.2, 0) is 12.0 Å². The molecule has 0 atom stereocenters. The third-order valence-electron chi connectivity index (χ3n) is 3.61. The smallest absolute Gasteiger partial charge is 0.119 e. The number of rotatable bonds is 7. The van der Waals surface area contributed by atoms with Crippen LogP contribution >= 0.6 is 0 Å². The van der Waals surface area contributed by atoms with Crippen LogP contribution in [0.5, 0.6) is 5.75 Å². The van der Waals surface area contributed by atoms with Gasteiger partial charge in [-0.25, -0.2) is 4.98 Å². The molecule has 0 unspecified atom stereocenters. The van der Waals surface area contributed by atoms with Crippen LogP contribution in [0.1, 0.15) is 45.6 Å². The lowest BCUT2D eigenvalue weighted by Crippen LogP contribution is -2.10. The topological polar surface area (TPSA) is 27.1 Å². The lowest BCUT2D eigenvalue weighted by atomic mass is 9.87. The van der Waals surface area contributed by atoms with Crippen LogP contribution in [0.15, 0.2) is 43.0 Å². The summed E-state index contributed by atoms with van der Waals surface area (Å²) in [6.45, 7) is 8.51. The molecule has 0 saturated carbocycles. The van der Waals surface area contributed by atoms with Gasteiger partial charge in [0.15, 0.2) is 0 Å². The zero-order chi connectivity index (χ0) is 15.1. The predicted octanol–water partition coefficient (Wildman–Crippen LogP) is 4.43. The van der Waals surface area contributed by atoms with Crippen molar-refractivity contribution in [3.05, 3.63) is 48.5 Å². The van der Waals surface area contributed by atoms with Crippen molar-refractivity contribution < 1.29 is 4.74 Å². The van der Waals surface area contributed by atoms with Crippen LogP contribution in [0.3, 0.4) is 0 Å². The molecular formula is C18H26N2O. The number of aryl methyl sites for hydroxylation is 1. The van der Waals surface area contributed by atoms with Crippen LogP contribution in [-0.4, -0.2) is 16.2 Å². The summed E-state index contributed by atoms with van der Waals surface area (Å²) < 4.78 is 7.91. The van der Waals surface area contributed by atoms with Crippen LogP contribution in [0.4, 0.5) is 0 Å². The van der Waals surface area contributed by atoms with E-state index in [0.29, 0.717) is 0 Å². The van der Waals surface area contributed by atoms with Gasteiger partial charge in [0.1, 0.15) is 5.75 Å². The van der Waals surface area contributed by atoms with Crippen LogP contribution in [0.2, 0.25) is 0 Å². The first-order valence-corrected chi connectivity index (χ1v) is 7.75. The molecule has 1 aromatic heterocycles. The lowest BCUT2D eigenvalue weighted by Gasteiger charge is -2.19. The summed E-state index contributed by atoms with van der Waals surface area (Å²) in [5.41, 5.74) is 1.54. The third kappa shape index (κ3) is 5.25. The second-order valence-electron chi connectivity index (χ2n) is 6.48. The average Bonchev–Trinajstić information content (AvgIpc) is 2.95. The Morgan fingerprint density at radius 2 is 1.81 bits per heavy atom. The number of benzene rings is 1. The summed E-state index contributed by atoms with van der Waals surface area (Å²) in [5, 5.41) is 0. The Kier molecular flexibility index (Phi) is 5.43. The molecule has 0 fully saturated rings. The monoisotopic (exact) mass is 286 g/mol. The number of nitrogens with zero attached hydrogens (tertiary/aromatic N) is 2. The van der Waals surface area contributed by atoms with Gasteiger partial charge in [-0.05, 0) is 42.4 Å². The summed E-state index contributed by atoms with van der Waals surface area (Å²) >= 11 is 0. The van der Waals surface area contributed by atoms with Crippen LogP contribution in [0, 0.1) is 0 Å². The molecular weight excluding hydrogens is 260 g/mol. The van der Waals surface area contributed by atoms with E-state index in [1.54, 1.807) is 0 Å². The zero-order valence-electron chi connectivity index (χ0n) is 13.4. The third-order valence-corrected chi connectivity index (χ3v) is 3.61. The van der Waals surface area contributed by atoms with Gasteiger partial charge < -0.3 is 9.30 Å². The van der Waals surface area contributed by atoms with E-state index in [-0.39, 0.29) is 5.41 Å². The summed E-state index contributed by atoms with van der Waals surface area (Å²) in [5.74, 6) is 0.970. The van der Waals surface area contributed by atoms with Gasteiger partial charge in [0, 0.05) is 18.9 Å². The average molecular weight is 286 g/mol. The van der Waals surface area contributed by atoms with Gasteiger partial charge in [-0.1, -0.05) is 32.9 Å². The Balaban J connectivity index is 1.62. The van der Waals surface area contributed by atoms with Gasteiger partial charge in [0.2, 0.25) is 0 Å². The molecule has 21 heavy (non-hydrogen) atoms. The highest BCUT2D eigenvalue weighted by atomic mass is 16.5. The number of unbranched alkanes of at least 4 members (excludes halogenated alkanes) is 2. The Morgan fingerprint density at radius 3 is 2.43 bits per heavy atom. The van der Waals surface area contributed by atoms with E-state index in [1.165, 1.54) is 18.4 Å². The minimum atomic E-state index is 0.200. The van der Waals surface area contributed by atoms with Crippen molar-refractivity contribution in [3.8, 4) is 5.75 Å².